The lowest BCUT2D eigenvalue weighted by Gasteiger charge is -2.26. The Hall–Kier alpha value is -1.99. The molecule has 0 saturated carbocycles. The number of benzene rings is 1. The number of nitrogens with zero attached hydrogens (tertiary/aromatic N) is 4. The first-order chi connectivity index (χ1) is 16.5. The summed E-state index contributed by atoms with van der Waals surface area (Å²) in [5, 5.41) is 18.2. The third-order valence-electron chi connectivity index (χ3n) is 6.67. The average Bonchev–Trinajstić information content (AvgIpc) is 3.40. The summed E-state index contributed by atoms with van der Waals surface area (Å²) in [6.45, 7) is 3.06. The van der Waals surface area contributed by atoms with E-state index in [2.05, 4.69) is 10.2 Å². The van der Waals surface area contributed by atoms with Gasteiger partial charge in [0, 0.05) is 49.4 Å². The maximum Gasteiger partial charge on any atom is 0.416 e. The number of halogens is 3. The van der Waals surface area contributed by atoms with Gasteiger partial charge < -0.3 is 15.3 Å². The van der Waals surface area contributed by atoms with Crippen molar-refractivity contribution in [2.45, 2.75) is 51.2 Å². The molecule has 0 bridgehead atoms. The Morgan fingerprint density at radius 2 is 1.89 bits per heavy atom. The standard InChI is InChI=1S/C23H32F3N5O3S/c1-27-12-17-11-16(5-6-20(17)23(24,25)26)22-19-15-30(35(2,33)34)10-7-21(19)31(28-22)14-18(32)13-29-8-3-4-9-29/h5-6,11,18,27,32H,3-4,7-10,12-15H2,1-2H3. The Labute approximate surface area is 203 Å². The van der Waals surface area contributed by atoms with Gasteiger partial charge in [-0.05, 0) is 50.7 Å². The third kappa shape index (κ3) is 5.88. The molecule has 2 aromatic rings. The number of sulfonamides is 1. The summed E-state index contributed by atoms with van der Waals surface area (Å²) in [7, 11) is -1.88. The third-order valence-corrected chi connectivity index (χ3v) is 7.92. The summed E-state index contributed by atoms with van der Waals surface area (Å²) in [6, 6.07) is 3.90. The molecule has 3 heterocycles. The van der Waals surface area contributed by atoms with Crippen molar-refractivity contribution in [3.05, 3.63) is 40.6 Å². The lowest BCUT2D eigenvalue weighted by Crippen LogP contribution is -2.37. The molecule has 2 aliphatic rings. The van der Waals surface area contributed by atoms with Crippen LogP contribution in [0.15, 0.2) is 18.2 Å². The minimum absolute atomic E-state index is 0.0234. The van der Waals surface area contributed by atoms with Crippen LogP contribution in [-0.4, -0.2) is 78.1 Å². The van der Waals surface area contributed by atoms with Crippen molar-refractivity contribution in [3.8, 4) is 11.3 Å². The molecule has 4 rings (SSSR count). The second-order valence-electron chi connectivity index (χ2n) is 9.36. The van der Waals surface area contributed by atoms with Gasteiger partial charge in [-0.25, -0.2) is 8.42 Å². The van der Waals surface area contributed by atoms with E-state index < -0.39 is 27.9 Å². The molecule has 1 aromatic carbocycles. The van der Waals surface area contributed by atoms with E-state index in [0.29, 0.717) is 29.8 Å². The number of aliphatic hydroxyl groups is 1. The van der Waals surface area contributed by atoms with E-state index in [1.165, 1.54) is 16.4 Å². The van der Waals surface area contributed by atoms with Crippen LogP contribution < -0.4 is 5.32 Å². The van der Waals surface area contributed by atoms with Gasteiger partial charge in [-0.1, -0.05) is 6.07 Å². The molecule has 0 spiro atoms. The van der Waals surface area contributed by atoms with E-state index in [1.807, 2.05) is 0 Å². The molecule has 0 radical (unpaired) electrons. The monoisotopic (exact) mass is 515 g/mol. The van der Waals surface area contributed by atoms with Crippen LogP contribution >= 0.6 is 0 Å². The first-order valence-corrected chi connectivity index (χ1v) is 13.6. The maximum absolute atomic E-state index is 13.5. The van der Waals surface area contributed by atoms with Crippen LogP contribution in [0.5, 0.6) is 0 Å². The molecule has 1 atom stereocenters. The summed E-state index contributed by atoms with van der Waals surface area (Å²) in [6.07, 6.45) is -1.38. The van der Waals surface area contributed by atoms with Crippen molar-refractivity contribution < 1.29 is 26.7 Å². The van der Waals surface area contributed by atoms with E-state index in [9.17, 15) is 26.7 Å². The zero-order valence-corrected chi connectivity index (χ0v) is 20.8. The number of likely N-dealkylation sites (tertiary alicyclic amines) is 1. The first kappa shape index (κ1) is 26.1. The number of hydrogen-bond acceptors (Lipinski definition) is 6. The fraction of sp³-hybridized carbons (Fsp3) is 0.609. The number of fused-ring (bicyclic) bond motifs is 1. The molecule has 1 aromatic heterocycles. The summed E-state index contributed by atoms with van der Waals surface area (Å²) < 4.78 is 68.1. The van der Waals surface area contributed by atoms with Crippen molar-refractivity contribution in [1.29, 1.82) is 0 Å². The highest BCUT2D eigenvalue weighted by atomic mass is 32.2. The Kier molecular flexibility index (Phi) is 7.58. The maximum atomic E-state index is 13.5. The molecule has 2 aliphatic heterocycles. The fourth-order valence-electron chi connectivity index (χ4n) is 5.01. The van der Waals surface area contributed by atoms with Gasteiger partial charge in [0.25, 0.3) is 0 Å². The molecular weight excluding hydrogens is 483 g/mol. The van der Waals surface area contributed by atoms with Crippen LogP contribution in [0, 0.1) is 0 Å². The molecule has 2 N–H and O–H groups in total. The molecule has 8 nitrogen and oxygen atoms in total. The van der Waals surface area contributed by atoms with Gasteiger partial charge >= 0.3 is 6.18 Å². The highest BCUT2D eigenvalue weighted by Crippen LogP contribution is 2.36. The largest absolute Gasteiger partial charge is 0.416 e. The zero-order valence-electron chi connectivity index (χ0n) is 20.0. The van der Waals surface area contributed by atoms with Crippen LogP contribution in [0.1, 0.15) is 35.2 Å². The predicted octanol–water partition coefficient (Wildman–Crippen LogP) is 2.06. The number of β-amino-alcohol motifs (C(OH)–C–C–N with tert-alkyl or cyclic N) is 1. The summed E-state index contributed by atoms with van der Waals surface area (Å²) >= 11 is 0. The van der Waals surface area contributed by atoms with Gasteiger partial charge in [0.05, 0.1) is 30.2 Å². The van der Waals surface area contributed by atoms with Gasteiger partial charge in [-0.2, -0.15) is 22.6 Å². The van der Waals surface area contributed by atoms with Gasteiger partial charge in [0.15, 0.2) is 0 Å². The number of aliphatic hydroxyl groups excluding tert-OH is 1. The van der Waals surface area contributed by atoms with Crippen molar-refractivity contribution in [3.63, 3.8) is 0 Å². The van der Waals surface area contributed by atoms with E-state index in [0.717, 1.165) is 43.9 Å². The predicted molar refractivity (Wildman–Crippen MR) is 126 cm³/mol. The van der Waals surface area contributed by atoms with Crippen LogP contribution in [-0.2, 0) is 42.3 Å². The van der Waals surface area contributed by atoms with E-state index in [1.54, 1.807) is 11.7 Å². The zero-order chi connectivity index (χ0) is 25.4. The van der Waals surface area contributed by atoms with Crippen LogP contribution in [0.25, 0.3) is 11.3 Å². The minimum Gasteiger partial charge on any atom is -0.390 e. The normalized spacial score (nSPS) is 18.7. The molecule has 1 fully saturated rings. The van der Waals surface area contributed by atoms with Crippen molar-refractivity contribution in [2.75, 3.05) is 39.5 Å². The highest BCUT2D eigenvalue weighted by molar-refractivity contribution is 7.88. The van der Waals surface area contributed by atoms with E-state index >= 15 is 0 Å². The first-order valence-electron chi connectivity index (χ1n) is 11.8. The van der Waals surface area contributed by atoms with Crippen LogP contribution in [0.2, 0.25) is 0 Å². The van der Waals surface area contributed by atoms with Gasteiger partial charge in [0.1, 0.15) is 0 Å². The summed E-state index contributed by atoms with van der Waals surface area (Å²) in [4.78, 5) is 2.20. The summed E-state index contributed by atoms with van der Waals surface area (Å²) in [5.41, 5.74) is 1.80. The molecule has 1 unspecified atom stereocenters. The second kappa shape index (κ2) is 10.2. The second-order valence-corrected chi connectivity index (χ2v) is 11.3. The molecule has 12 heteroatoms. The number of rotatable bonds is 8. The Balaban J connectivity index is 1.72. The van der Waals surface area contributed by atoms with Crippen LogP contribution in [0.3, 0.4) is 0 Å². The van der Waals surface area contributed by atoms with Crippen molar-refractivity contribution >= 4 is 10.0 Å². The van der Waals surface area contributed by atoms with Crippen molar-refractivity contribution in [2.24, 2.45) is 0 Å². The Morgan fingerprint density at radius 3 is 2.51 bits per heavy atom. The summed E-state index contributed by atoms with van der Waals surface area (Å²) in [5.74, 6) is 0. The van der Waals surface area contributed by atoms with Gasteiger partial charge in [-0.3, -0.25) is 4.68 Å². The van der Waals surface area contributed by atoms with E-state index in [-0.39, 0.29) is 31.7 Å². The SMILES string of the molecule is CNCc1cc(-c2nn(CC(O)CN3CCCC3)c3c2CN(S(C)(=O)=O)CC3)ccc1C(F)(F)F. The molecular formula is C23H32F3N5O3S. The smallest absolute Gasteiger partial charge is 0.390 e. The number of hydrogen-bond donors (Lipinski definition) is 2. The minimum atomic E-state index is -4.49. The fourth-order valence-corrected chi connectivity index (χ4v) is 5.79. The Morgan fingerprint density at radius 1 is 1.17 bits per heavy atom. The number of nitrogens with one attached hydrogen (secondary N) is 1. The molecule has 0 aliphatic carbocycles. The van der Waals surface area contributed by atoms with Gasteiger partial charge in [0.2, 0.25) is 10.0 Å². The highest BCUT2D eigenvalue weighted by Gasteiger charge is 2.34. The number of aromatic nitrogens is 2. The number of alkyl halides is 3. The quantitative estimate of drug-likeness (QED) is 0.560. The van der Waals surface area contributed by atoms with E-state index in [4.69, 9.17) is 5.10 Å². The molecule has 1 saturated heterocycles. The van der Waals surface area contributed by atoms with Gasteiger partial charge in [-0.15, -0.1) is 0 Å². The lowest BCUT2D eigenvalue weighted by molar-refractivity contribution is -0.138. The average molecular weight is 516 g/mol. The lowest BCUT2D eigenvalue weighted by atomic mass is 9.97. The van der Waals surface area contributed by atoms with Crippen molar-refractivity contribution in [1.82, 2.24) is 24.3 Å². The molecule has 0 amide bonds. The molecule has 35 heavy (non-hydrogen) atoms. The van der Waals surface area contributed by atoms with Crippen LogP contribution in [0.4, 0.5) is 13.2 Å². The topological polar surface area (TPSA) is 90.7 Å². The Bertz CT molecular complexity index is 1160. The molecule has 194 valence electrons.